The molecule has 0 unspecified atom stereocenters. The molecule has 0 saturated heterocycles. The number of hydrogen-bond acceptors (Lipinski definition) is 3. The van der Waals surface area contributed by atoms with E-state index in [1.54, 1.807) is 13.0 Å². The lowest BCUT2D eigenvalue weighted by Gasteiger charge is -2.10. The van der Waals surface area contributed by atoms with Gasteiger partial charge in [0, 0.05) is 10.9 Å². The van der Waals surface area contributed by atoms with Crippen molar-refractivity contribution in [1.29, 1.82) is 5.26 Å². The van der Waals surface area contributed by atoms with Crippen molar-refractivity contribution in [2.24, 2.45) is 0 Å². The summed E-state index contributed by atoms with van der Waals surface area (Å²) in [7, 11) is 0. The van der Waals surface area contributed by atoms with Crippen molar-refractivity contribution < 1.29 is 18.3 Å². The number of carbonyl (C=O) groups is 1. The Bertz CT molecular complexity index is 498. The van der Waals surface area contributed by atoms with Crippen LogP contribution in [-0.2, 0) is 10.1 Å². The average molecular weight is 318 g/mol. The van der Waals surface area contributed by atoms with Crippen LogP contribution < -0.4 is 0 Å². The number of nitrogens with zero attached hydrogens (tertiary/aromatic N) is 1. The highest BCUT2D eigenvalue weighted by Gasteiger charge is 2.22. The second-order valence-corrected chi connectivity index (χ2v) is 3.93. The molecule has 1 rings (SSSR count). The molecule has 0 N–H and O–H groups in total. The molecule has 0 bridgehead atoms. The van der Waals surface area contributed by atoms with Crippen molar-refractivity contribution >= 4 is 21.9 Å². The summed E-state index contributed by atoms with van der Waals surface area (Å²) in [5, 5.41) is 9.24. The van der Waals surface area contributed by atoms with Gasteiger partial charge in [-0.3, -0.25) is 0 Å². The van der Waals surface area contributed by atoms with Crippen molar-refractivity contribution in [1.82, 2.24) is 0 Å². The highest BCUT2D eigenvalue weighted by Crippen LogP contribution is 2.28. The molecule has 18 heavy (non-hydrogen) atoms. The van der Waals surface area contributed by atoms with E-state index in [0.29, 0.717) is 10.9 Å². The Kier molecular flexibility index (Phi) is 5.23. The van der Waals surface area contributed by atoms with E-state index in [-0.39, 0.29) is 17.7 Å². The van der Waals surface area contributed by atoms with Gasteiger partial charge in [0.05, 0.1) is 17.7 Å². The topological polar surface area (TPSA) is 50.1 Å². The number of esters is 1. The SMILES string of the molecule is CCOC(=O)c1cc(CBr)cc(C(F)F)c1C#N. The predicted octanol–water partition coefficient (Wildman–Crippen LogP) is 3.57. The fourth-order valence-corrected chi connectivity index (χ4v) is 1.79. The number of benzene rings is 1. The number of nitriles is 1. The maximum absolute atomic E-state index is 12.8. The number of carbonyl (C=O) groups excluding carboxylic acids is 1. The molecular weight excluding hydrogens is 308 g/mol. The zero-order chi connectivity index (χ0) is 13.7. The first-order chi connectivity index (χ1) is 8.54. The van der Waals surface area contributed by atoms with E-state index in [2.05, 4.69) is 15.9 Å². The Balaban J connectivity index is 3.43. The molecule has 0 amide bonds. The Morgan fingerprint density at radius 2 is 2.22 bits per heavy atom. The van der Waals surface area contributed by atoms with Gasteiger partial charge in [-0.1, -0.05) is 15.9 Å². The summed E-state index contributed by atoms with van der Waals surface area (Å²) in [5.74, 6) is -0.765. The monoisotopic (exact) mass is 317 g/mol. The number of ether oxygens (including phenoxy) is 1. The summed E-state index contributed by atoms with van der Waals surface area (Å²) in [6.07, 6.45) is -2.81. The Labute approximate surface area is 111 Å². The van der Waals surface area contributed by atoms with Crippen LogP contribution in [0.1, 0.15) is 40.4 Å². The standard InChI is InChI=1S/C12H10BrF2NO2/c1-2-18-12(17)9-4-7(5-13)3-8(11(14)15)10(9)6-16/h3-4,11H,2,5H2,1H3. The zero-order valence-electron chi connectivity index (χ0n) is 9.54. The smallest absolute Gasteiger partial charge is 0.339 e. The molecule has 1 aromatic rings. The van der Waals surface area contributed by atoms with Gasteiger partial charge in [0.15, 0.2) is 0 Å². The van der Waals surface area contributed by atoms with Gasteiger partial charge in [-0.05, 0) is 24.6 Å². The van der Waals surface area contributed by atoms with Gasteiger partial charge in [0.25, 0.3) is 6.43 Å². The summed E-state index contributed by atoms with van der Waals surface area (Å²) >= 11 is 3.13. The largest absolute Gasteiger partial charge is 0.462 e. The van der Waals surface area contributed by atoms with Crippen LogP contribution in [0.4, 0.5) is 8.78 Å². The lowest BCUT2D eigenvalue weighted by molar-refractivity contribution is 0.0525. The summed E-state index contributed by atoms with van der Waals surface area (Å²) in [5.41, 5.74) is -0.399. The summed E-state index contributed by atoms with van der Waals surface area (Å²) in [6, 6.07) is 4.24. The van der Waals surface area contributed by atoms with Crippen LogP contribution >= 0.6 is 15.9 Å². The van der Waals surface area contributed by atoms with Gasteiger partial charge in [0.1, 0.15) is 6.07 Å². The van der Waals surface area contributed by atoms with Crippen LogP contribution in [0.15, 0.2) is 12.1 Å². The third-order valence-corrected chi connectivity index (χ3v) is 2.87. The number of hydrogen-bond donors (Lipinski definition) is 0. The minimum Gasteiger partial charge on any atom is -0.462 e. The lowest BCUT2D eigenvalue weighted by Crippen LogP contribution is -2.10. The van der Waals surface area contributed by atoms with Crippen LogP contribution in [0.2, 0.25) is 0 Å². The number of alkyl halides is 3. The van der Waals surface area contributed by atoms with Gasteiger partial charge in [-0.2, -0.15) is 5.26 Å². The second-order valence-electron chi connectivity index (χ2n) is 3.37. The molecule has 0 heterocycles. The molecule has 0 aliphatic heterocycles. The first kappa shape index (κ1) is 14.6. The quantitative estimate of drug-likeness (QED) is 0.630. The van der Waals surface area contributed by atoms with Gasteiger partial charge < -0.3 is 4.74 Å². The first-order valence-electron chi connectivity index (χ1n) is 5.13. The fraction of sp³-hybridized carbons (Fsp3) is 0.333. The average Bonchev–Trinajstić information content (AvgIpc) is 2.37. The van der Waals surface area contributed by atoms with E-state index < -0.39 is 18.0 Å². The van der Waals surface area contributed by atoms with Gasteiger partial charge >= 0.3 is 5.97 Å². The van der Waals surface area contributed by atoms with Gasteiger partial charge in [-0.25, -0.2) is 13.6 Å². The van der Waals surface area contributed by atoms with Gasteiger partial charge in [-0.15, -0.1) is 0 Å². The summed E-state index contributed by atoms with van der Waals surface area (Å²) in [6.45, 7) is 1.72. The maximum atomic E-state index is 12.8. The molecule has 0 spiro atoms. The molecule has 6 heteroatoms. The van der Waals surface area contributed by atoms with Gasteiger partial charge in [0.2, 0.25) is 0 Å². The van der Waals surface area contributed by atoms with Crippen LogP contribution in [0.3, 0.4) is 0 Å². The van der Waals surface area contributed by atoms with E-state index in [1.165, 1.54) is 12.1 Å². The summed E-state index contributed by atoms with van der Waals surface area (Å²) in [4.78, 5) is 11.6. The molecule has 0 aliphatic carbocycles. The van der Waals surface area contributed by atoms with Crippen molar-refractivity contribution in [2.75, 3.05) is 6.61 Å². The highest BCUT2D eigenvalue weighted by molar-refractivity contribution is 9.08. The minimum atomic E-state index is -2.81. The van der Waals surface area contributed by atoms with Crippen LogP contribution in [-0.4, -0.2) is 12.6 Å². The normalized spacial score (nSPS) is 10.2. The van der Waals surface area contributed by atoms with Crippen molar-refractivity contribution in [2.45, 2.75) is 18.7 Å². The third kappa shape index (κ3) is 3.05. The Hall–Kier alpha value is -1.48. The molecule has 1 aromatic carbocycles. The molecule has 0 fully saturated rings. The van der Waals surface area contributed by atoms with E-state index in [4.69, 9.17) is 10.00 Å². The first-order valence-corrected chi connectivity index (χ1v) is 6.25. The van der Waals surface area contributed by atoms with Crippen LogP contribution in [0.5, 0.6) is 0 Å². The van der Waals surface area contributed by atoms with Crippen LogP contribution in [0.25, 0.3) is 0 Å². The molecule has 0 aliphatic rings. The molecule has 0 radical (unpaired) electrons. The number of rotatable bonds is 4. The lowest BCUT2D eigenvalue weighted by atomic mass is 9.99. The van der Waals surface area contributed by atoms with Crippen LogP contribution in [0, 0.1) is 11.3 Å². The minimum absolute atomic E-state index is 0.117. The van der Waals surface area contributed by atoms with Crippen molar-refractivity contribution in [3.8, 4) is 6.07 Å². The second kappa shape index (κ2) is 6.45. The molecule has 0 atom stereocenters. The highest BCUT2D eigenvalue weighted by atomic mass is 79.9. The third-order valence-electron chi connectivity index (χ3n) is 2.23. The molecule has 3 nitrogen and oxygen atoms in total. The molecular formula is C12H10BrF2NO2. The Morgan fingerprint density at radius 1 is 1.56 bits per heavy atom. The summed E-state index contributed by atoms with van der Waals surface area (Å²) < 4.78 is 30.4. The zero-order valence-corrected chi connectivity index (χ0v) is 11.1. The van der Waals surface area contributed by atoms with E-state index >= 15 is 0 Å². The molecule has 0 saturated carbocycles. The predicted molar refractivity (Wildman–Crippen MR) is 64.7 cm³/mol. The van der Waals surface area contributed by atoms with Crippen molar-refractivity contribution in [3.63, 3.8) is 0 Å². The molecule has 96 valence electrons. The van der Waals surface area contributed by atoms with E-state index in [1.807, 2.05) is 0 Å². The Morgan fingerprint density at radius 3 is 2.67 bits per heavy atom. The van der Waals surface area contributed by atoms with Crippen molar-refractivity contribution in [3.05, 3.63) is 34.4 Å². The fourth-order valence-electron chi connectivity index (χ4n) is 1.47. The van der Waals surface area contributed by atoms with E-state index in [9.17, 15) is 13.6 Å². The molecule has 0 aromatic heterocycles. The maximum Gasteiger partial charge on any atom is 0.339 e. The number of halogens is 3. The van der Waals surface area contributed by atoms with E-state index in [0.717, 1.165) is 0 Å².